The Morgan fingerprint density at radius 1 is 1.00 bits per heavy atom. The van der Waals surface area contributed by atoms with Crippen molar-refractivity contribution in [2.45, 2.75) is 40.3 Å². The Hall–Kier alpha value is -3.94. The monoisotopic (exact) mass is 585 g/mol. The zero-order valence-electron chi connectivity index (χ0n) is 23.6. The van der Waals surface area contributed by atoms with Gasteiger partial charge in [-0.3, -0.25) is 14.2 Å². The number of aromatic nitrogens is 1. The number of likely N-dealkylation sites (N-methyl/N-ethyl adjacent to an activating group) is 1. The summed E-state index contributed by atoms with van der Waals surface area (Å²) in [6.07, 6.45) is 1.86. The molecule has 0 spiro atoms. The maximum atomic E-state index is 13.9. The number of carbonyl (C=O) groups is 1. The molecule has 1 atom stereocenters. The molecule has 6 nitrogen and oxygen atoms in total. The van der Waals surface area contributed by atoms with Crippen LogP contribution in [0.4, 0.5) is 0 Å². The Kier molecular flexibility index (Phi) is 8.57. The van der Waals surface area contributed by atoms with Crippen LogP contribution in [0.2, 0.25) is 5.02 Å². The number of aryl methyl sites for hydroxylation is 1. The lowest BCUT2D eigenvalue weighted by atomic mass is 9.94. The van der Waals surface area contributed by atoms with E-state index >= 15 is 0 Å². The molecule has 0 unspecified atom stereocenters. The molecule has 0 saturated carbocycles. The minimum absolute atomic E-state index is 0.119. The van der Waals surface area contributed by atoms with E-state index in [0.29, 0.717) is 45.3 Å². The fourth-order valence-electron chi connectivity index (χ4n) is 4.90. The summed E-state index contributed by atoms with van der Waals surface area (Å²) in [5, 5.41) is 0.588. The second-order valence-corrected chi connectivity index (χ2v) is 11.4. The average molecular weight is 586 g/mol. The molecule has 2 heterocycles. The Balaban J connectivity index is 1.50. The van der Waals surface area contributed by atoms with Crippen LogP contribution >= 0.6 is 22.9 Å². The lowest BCUT2D eigenvalue weighted by Gasteiger charge is -2.29. The van der Waals surface area contributed by atoms with Crippen molar-refractivity contribution < 1.29 is 9.53 Å². The van der Waals surface area contributed by atoms with Crippen molar-refractivity contribution in [1.82, 2.24) is 9.47 Å². The smallest absolute Gasteiger partial charge is 0.271 e. The van der Waals surface area contributed by atoms with E-state index in [1.54, 1.807) is 21.6 Å². The molecule has 4 aromatic rings. The first-order valence-corrected chi connectivity index (χ1v) is 14.8. The molecule has 0 saturated heterocycles. The molecule has 5 rings (SSSR count). The molecule has 1 aliphatic rings. The number of fused-ring (bicyclic) bond motifs is 1. The van der Waals surface area contributed by atoms with E-state index in [0.717, 1.165) is 22.4 Å². The highest BCUT2D eigenvalue weighted by Crippen LogP contribution is 2.31. The van der Waals surface area contributed by atoms with Gasteiger partial charge < -0.3 is 9.64 Å². The van der Waals surface area contributed by atoms with Crippen molar-refractivity contribution in [2.24, 2.45) is 4.99 Å². The van der Waals surface area contributed by atoms with Crippen molar-refractivity contribution >= 4 is 34.9 Å². The van der Waals surface area contributed by atoms with E-state index in [2.05, 4.69) is 31.2 Å². The maximum Gasteiger partial charge on any atom is 0.271 e. The van der Waals surface area contributed by atoms with Crippen molar-refractivity contribution in [1.29, 1.82) is 0 Å². The molecule has 0 N–H and O–H groups in total. The van der Waals surface area contributed by atoms with Crippen LogP contribution in [0.1, 0.15) is 49.1 Å². The zero-order chi connectivity index (χ0) is 29.1. The van der Waals surface area contributed by atoms with E-state index < -0.39 is 6.04 Å². The summed E-state index contributed by atoms with van der Waals surface area (Å²) in [4.78, 5) is 34.6. The summed E-state index contributed by atoms with van der Waals surface area (Å²) in [6, 6.07) is 22.6. The normalized spacial score (nSPS) is 15.0. The quantitative estimate of drug-likeness (QED) is 0.269. The molecule has 0 bridgehead atoms. The van der Waals surface area contributed by atoms with Crippen molar-refractivity contribution in [3.8, 4) is 5.75 Å². The number of allylic oxidation sites excluding steroid dienone is 1. The lowest BCUT2D eigenvalue weighted by molar-refractivity contribution is -0.127. The van der Waals surface area contributed by atoms with Gasteiger partial charge in [-0.2, -0.15) is 0 Å². The summed E-state index contributed by atoms with van der Waals surface area (Å²) in [7, 11) is 0. The third-order valence-electron chi connectivity index (χ3n) is 7.19. The minimum Gasteiger partial charge on any atom is -0.489 e. The number of benzene rings is 3. The molecule has 41 heavy (non-hydrogen) atoms. The van der Waals surface area contributed by atoms with Gasteiger partial charge in [-0.25, -0.2) is 4.99 Å². The van der Waals surface area contributed by atoms with E-state index in [1.165, 1.54) is 16.9 Å². The molecular formula is C33H32ClN3O3S. The number of nitrogens with zero attached hydrogens (tertiary/aromatic N) is 3. The predicted molar refractivity (Wildman–Crippen MR) is 165 cm³/mol. The van der Waals surface area contributed by atoms with Crippen LogP contribution in [0.3, 0.4) is 0 Å². The van der Waals surface area contributed by atoms with Gasteiger partial charge in [-0.05, 0) is 74.7 Å². The highest BCUT2D eigenvalue weighted by molar-refractivity contribution is 7.07. The number of carbonyl (C=O) groups excluding carboxylic acids is 1. The van der Waals surface area contributed by atoms with Gasteiger partial charge in [0.1, 0.15) is 12.4 Å². The van der Waals surface area contributed by atoms with Crippen molar-refractivity contribution in [3.63, 3.8) is 0 Å². The Morgan fingerprint density at radius 2 is 1.66 bits per heavy atom. The number of halogens is 1. The van der Waals surface area contributed by atoms with E-state index in [4.69, 9.17) is 21.3 Å². The van der Waals surface area contributed by atoms with Crippen molar-refractivity contribution in [2.75, 3.05) is 13.1 Å². The maximum absolute atomic E-state index is 13.9. The molecule has 0 aliphatic carbocycles. The van der Waals surface area contributed by atoms with Crippen LogP contribution in [0.15, 0.2) is 93.9 Å². The molecule has 0 radical (unpaired) electrons. The number of hydrogen-bond donors (Lipinski definition) is 0. The molecule has 0 fully saturated rings. The van der Waals surface area contributed by atoms with E-state index in [1.807, 2.05) is 63.2 Å². The van der Waals surface area contributed by atoms with Crippen LogP contribution < -0.4 is 19.6 Å². The third kappa shape index (κ3) is 6.06. The third-order valence-corrected chi connectivity index (χ3v) is 8.43. The summed E-state index contributed by atoms with van der Waals surface area (Å²) in [5.41, 5.74) is 4.92. The van der Waals surface area contributed by atoms with Crippen LogP contribution in [-0.4, -0.2) is 28.5 Å². The molecule has 8 heteroatoms. The predicted octanol–water partition coefficient (Wildman–Crippen LogP) is 5.64. The van der Waals surface area contributed by atoms with Gasteiger partial charge in [0.2, 0.25) is 0 Å². The largest absolute Gasteiger partial charge is 0.489 e. The van der Waals surface area contributed by atoms with Gasteiger partial charge in [0.15, 0.2) is 4.80 Å². The SMILES string of the molecule is CCN(CC)C(=O)C1=C(C)N=c2s/c(=C/c3ccc(OCc4ccc(C)cc4)cc3)c(=O)n2[C@H]1c1ccc(Cl)cc1. The van der Waals surface area contributed by atoms with Crippen LogP contribution in [-0.2, 0) is 11.4 Å². The van der Waals surface area contributed by atoms with Gasteiger partial charge in [-0.15, -0.1) is 0 Å². The molecule has 3 aromatic carbocycles. The number of ether oxygens (including phenoxy) is 1. The van der Waals surface area contributed by atoms with Crippen LogP contribution in [0, 0.1) is 6.92 Å². The first kappa shape index (κ1) is 28.6. The van der Waals surface area contributed by atoms with Crippen LogP contribution in [0.5, 0.6) is 5.75 Å². The number of amides is 1. The average Bonchev–Trinajstić information content (AvgIpc) is 3.27. The Morgan fingerprint density at radius 3 is 2.29 bits per heavy atom. The summed E-state index contributed by atoms with van der Waals surface area (Å²) in [6.45, 7) is 9.40. The fourth-order valence-corrected chi connectivity index (χ4v) is 6.07. The standard InChI is InChI=1S/C33H32ClN3O3S/c1-5-36(6-2)32(39)29-22(4)35-33-37(30(29)25-13-15-26(34)16-14-25)31(38)28(41-33)19-23-11-17-27(18-12-23)40-20-24-9-7-21(3)8-10-24/h7-19,30H,5-6,20H2,1-4H3/b28-19+/t30-/m0/s1. The second-order valence-electron chi connectivity index (χ2n) is 9.95. The Labute approximate surface area is 248 Å². The molecule has 1 aliphatic heterocycles. The first-order valence-electron chi connectivity index (χ1n) is 13.6. The van der Waals surface area contributed by atoms with Gasteiger partial charge >= 0.3 is 0 Å². The topological polar surface area (TPSA) is 63.9 Å². The molecule has 1 aromatic heterocycles. The molecule has 210 valence electrons. The number of rotatable bonds is 8. The van der Waals surface area contributed by atoms with Gasteiger partial charge in [-0.1, -0.05) is 77.0 Å². The highest BCUT2D eigenvalue weighted by atomic mass is 35.5. The van der Waals surface area contributed by atoms with Gasteiger partial charge in [0.25, 0.3) is 11.5 Å². The lowest BCUT2D eigenvalue weighted by Crippen LogP contribution is -2.43. The minimum atomic E-state index is -0.601. The molecular weight excluding hydrogens is 554 g/mol. The van der Waals surface area contributed by atoms with Crippen molar-refractivity contribution in [3.05, 3.63) is 131 Å². The Bertz CT molecular complexity index is 1770. The van der Waals surface area contributed by atoms with E-state index in [9.17, 15) is 9.59 Å². The van der Waals surface area contributed by atoms with Gasteiger partial charge in [0.05, 0.1) is 21.8 Å². The van der Waals surface area contributed by atoms with Gasteiger partial charge in [0, 0.05) is 18.1 Å². The summed E-state index contributed by atoms with van der Waals surface area (Å²) >= 11 is 7.50. The molecule has 1 amide bonds. The first-order chi connectivity index (χ1) is 19.8. The van der Waals surface area contributed by atoms with Crippen LogP contribution in [0.25, 0.3) is 6.08 Å². The number of hydrogen-bond acceptors (Lipinski definition) is 5. The second kappa shape index (κ2) is 12.3. The van der Waals surface area contributed by atoms with E-state index in [-0.39, 0.29) is 11.5 Å². The fraction of sp³-hybridized carbons (Fsp3) is 0.242. The zero-order valence-corrected chi connectivity index (χ0v) is 25.1. The summed E-state index contributed by atoms with van der Waals surface area (Å²) in [5.74, 6) is 0.633. The number of thiazole rings is 1. The summed E-state index contributed by atoms with van der Waals surface area (Å²) < 4.78 is 8.12. The highest BCUT2D eigenvalue weighted by Gasteiger charge is 2.34.